The third-order valence-corrected chi connectivity index (χ3v) is 4.73. The number of nitrogens with zero attached hydrogens (tertiary/aromatic N) is 4. The molecule has 0 spiro atoms. The molecule has 0 amide bonds. The summed E-state index contributed by atoms with van der Waals surface area (Å²) in [6.07, 6.45) is 0.769. The van der Waals surface area contributed by atoms with Gasteiger partial charge in [-0.2, -0.15) is 13.2 Å². The lowest BCUT2D eigenvalue weighted by atomic mass is 9.85. The number of β-amino-alcohol motifs (C(OH)–C–C–N with tert-alkyl or cyclic N) is 1. The first kappa shape index (κ1) is 15.7. The molecule has 5 nitrogen and oxygen atoms in total. The van der Waals surface area contributed by atoms with Crippen LogP contribution in [0.3, 0.4) is 0 Å². The van der Waals surface area contributed by atoms with Crippen LogP contribution in [0.25, 0.3) is 0 Å². The Balaban J connectivity index is 1.61. The Morgan fingerprint density at radius 2 is 1.86 bits per heavy atom. The molecule has 0 saturated heterocycles. The molecule has 1 aliphatic heterocycles. The van der Waals surface area contributed by atoms with Gasteiger partial charge in [0.2, 0.25) is 5.82 Å². The molecular weight excluding hydrogens is 297 g/mol. The number of aliphatic hydroxyl groups is 1. The van der Waals surface area contributed by atoms with Crippen molar-refractivity contribution >= 4 is 0 Å². The molecular formula is C14H21F3N4O. The van der Waals surface area contributed by atoms with Gasteiger partial charge >= 0.3 is 6.18 Å². The van der Waals surface area contributed by atoms with Crippen LogP contribution in [0.15, 0.2) is 0 Å². The van der Waals surface area contributed by atoms with Crippen LogP contribution in [-0.4, -0.2) is 44.0 Å². The first-order valence-electron chi connectivity index (χ1n) is 7.85. The Morgan fingerprint density at radius 3 is 2.55 bits per heavy atom. The highest BCUT2D eigenvalue weighted by atomic mass is 19.4. The fourth-order valence-electron chi connectivity index (χ4n) is 3.51. The normalized spacial score (nSPS) is 22.5. The molecule has 3 rings (SSSR count). The SMILES string of the molecule is OC(CN1CCn2c(nnc2C(F)(F)F)C1)C1CCCCC1. The number of halogens is 3. The molecule has 0 aromatic carbocycles. The maximum atomic E-state index is 12.8. The molecule has 1 saturated carbocycles. The molecule has 2 aliphatic rings. The third kappa shape index (κ3) is 3.27. The van der Waals surface area contributed by atoms with Gasteiger partial charge in [0.25, 0.3) is 0 Å². The number of alkyl halides is 3. The molecule has 1 N–H and O–H groups in total. The number of aliphatic hydroxyl groups excluding tert-OH is 1. The monoisotopic (exact) mass is 318 g/mol. The molecule has 8 heteroatoms. The predicted octanol–water partition coefficient (Wildman–Crippen LogP) is 2.05. The van der Waals surface area contributed by atoms with Gasteiger partial charge in [-0.25, -0.2) is 0 Å². The van der Waals surface area contributed by atoms with E-state index in [1.165, 1.54) is 6.42 Å². The maximum absolute atomic E-state index is 12.8. The predicted molar refractivity (Wildman–Crippen MR) is 72.9 cm³/mol. The lowest BCUT2D eigenvalue weighted by molar-refractivity contribution is -0.148. The third-order valence-electron chi connectivity index (χ3n) is 4.73. The number of aromatic nitrogens is 3. The summed E-state index contributed by atoms with van der Waals surface area (Å²) in [4.78, 5) is 1.98. The van der Waals surface area contributed by atoms with Gasteiger partial charge in [0.1, 0.15) is 5.82 Å². The van der Waals surface area contributed by atoms with E-state index in [1.807, 2.05) is 4.90 Å². The Bertz CT molecular complexity index is 511. The molecule has 1 unspecified atom stereocenters. The average molecular weight is 318 g/mol. The van der Waals surface area contributed by atoms with Gasteiger partial charge in [-0.15, -0.1) is 10.2 Å². The molecule has 1 aliphatic carbocycles. The van der Waals surface area contributed by atoms with E-state index >= 15 is 0 Å². The minimum absolute atomic E-state index is 0.217. The van der Waals surface area contributed by atoms with Crippen LogP contribution in [0, 0.1) is 5.92 Å². The van der Waals surface area contributed by atoms with Crippen LogP contribution in [0.5, 0.6) is 0 Å². The van der Waals surface area contributed by atoms with Crippen molar-refractivity contribution in [3.63, 3.8) is 0 Å². The van der Waals surface area contributed by atoms with Gasteiger partial charge in [0.15, 0.2) is 0 Å². The molecule has 0 bridgehead atoms. The minimum atomic E-state index is -4.46. The molecule has 1 fully saturated rings. The fraction of sp³-hybridized carbons (Fsp3) is 0.857. The summed E-state index contributed by atoms with van der Waals surface area (Å²) in [5.74, 6) is -0.274. The second-order valence-corrected chi connectivity index (χ2v) is 6.29. The summed E-state index contributed by atoms with van der Waals surface area (Å²) in [5, 5.41) is 17.3. The Kier molecular flexibility index (Phi) is 4.40. The zero-order valence-corrected chi connectivity index (χ0v) is 12.4. The highest BCUT2D eigenvalue weighted by Gasteiger charge is 2.39. The van der Waals surface area contributed by atoms with E-state index < -0.39 is 18.1 Å². The summed E-state index contributed by atoms with van der Waals surface area (Å²) in [7, 11) is 0. The van der Waals surface area contributed by atoms with Gasteiger partial charge in [-0.05, 0) is 18.8 Å². The summed E-state index contributed by atoms with van der Waals surface area (Å²) < 4.78 is 39.5. The van der Waals surface area contributed by atoms with Gasteiger partial charge in [-0.1, -0.05) is 19.3 Å². The number of fused-ring (bicyclic) bond motifs is 1. The summed E-state index contributed by atoms with van der Waals surface area (Å²) in [6.45, 7) is 1.51. The van der Waals surface area contributed by atoms with Gasteiger partial charge in [0, 0.05) is 19.6 Å². The first-order valence-corrected chi connectivity index (χ1v) is 7.85. The smallest absolute Gasteiger partial charge is 0.392 e. The van der Waals surface area contributed by atoms with Crippen LogP contribution in [-0.2, 0) is 19.3 Å². The van der Waals surface area contributed by atoms with Crippen LogP contribution in [0.2, 0.25) is 0 Å². The van der Waals surface area contributed by atoms with E-state index in [-0.39, 0.29) is 6.54 Å². The molecule has 124 valence electrons. The van der Waals surface area contributed by atoms with E-state index in [2.05, 4.69) is 10.2 Å². The zero-order valence-electron chi connectivity index (χ0n) is 12.4. The molecule has 22 heavy (non-hydrogen) atoms. The lowest BCUT2D eigenvalue weighted by Gasteiger charge is -2.33. The van der Waals surface area contributed by atoms with Crippen molar-refractivity contribution in [2.24, 2.45) is 5.92 Å². The van der Waals surface area contributed by atoms with E-state index in [9.17, 15) is 18.3 Å². The highest BCUT2D eigenvalue weighted by molar-refractivity contribution is 5.02. The molecule has 0 radical (unpaired) electrons. The van der Waals surface area contributed by atoms with E-state index in [0.29, 0.717) is 31.4 Å². The van der Waals surface area contributed by atoms with Crippen molar-refractivity contribution in [3.8, 4) is 0 Å². The maximum Gasteiger partial charge on any atom is 0.451 e. The second-order valence-electron chi connectivity index (χ2n) is 6.29. The second kappa shape index (κ2) is 6.16. The summed E-state index contributed by atoms with van der Waals surface area (Å²) in [6, 6.07) is 0. The van der Waals surface area contributed by atoms with E-state index in [1.54, 1.807) is 0 Å². The standard InChI is InChI=1S/C14H21F3N4O/c15-14(16,17)13-19-18-12-9-20(6-7-21(12)13)8-11(22)10-4-2-1-3-5-10/h10-11,22H,1-9H2. The van der Waals surface area contributed by atoms with Crippen molar-refractivity contribution in [1.29, 1.82) is 0 Å². The van der Waals surface area contributed by atoms with E-state index in [4.69, 9.17) is 0 Å². The number of hydrogen-bond donors (Lipinski definition) is 1. The fourth-order valence-corrected chi connectivity index (χ4v) is 3.51. The van der Waals surface area contributed by atoms with Crippen LogP contribution < -0.4 is 0 Å². The van der Waals surface area contributed by atoms with E-state index in [0.717, 1.165) is 30.3 Å². The first-order chi connectivity index (χ1) is 10.4. The topological polar surface area (TPSA) is 54.2 Å². The quantitative estimate of drug-likeness (QED) is 0.927. The Morgan fingerprint density at radius 1 is 1.14 bits per heavy atom. The average Bonchev–Trinajstić information content (AvgIpc) is 2.91. The van der Waals surface area contributed by atoms with Crippen LogP contribution in [0.4, 0.5) is 13.2 Å². The molecule has 2 heterocycles. The Hall–Kier alpha value is -1.15. The number of rotatable bonds is 3. The number of hydrogen-bond acceptors (Lipinski definition) is 4. The van der Waals surface area contributed by atoms with Crippen molar-refractivity contribution in [3.05, 3.63) is 11.6 Å². The molecule has 1 aromatic rings. The Labute approximate surface area is 127 Å². The molecule has 1 aromatic heterocycles. The zero-order chi connectivity index (χ0) is 15.7. The summed E-state index contributed by atoms with van der Waals surface area (Å²) >= 11 is 0. The minimum Gasteiger partial charge on any atom is -0.392 e. The highest BCUT2D eigenvalue weighted by Crippen LogP contribution is 2.30. The van der Waals surface area contributed by atoms with Gasteiger partial charge < -0.3 is 9.67 Å². The van der Waals surface area contributed by atoms with Crippen molar-refractivity contribution in [2.75, 3.05) is 13.1 Å². The summed E-state index contributed by atoms with van der Waals surface area (Å²) in [5.41, 5.74) is 0. The van der Waals surface area contributed by atoms with Crippen molar-refractivity contribution in [2.45, 2.75) is 57.5 Å². The largest absolute Gasteiger partial charge is 0.451 e. The van der Waals surface area contributed by atoms with Crippen LogP contribution in [0.1, 0.15) is 43.8 Å². The lowest BCUT2D eigenvalue weighted by Crippen LogP contribution is -2.42. The van der Waals surface area contributed by atoms with Crippen molar-refractivity contribution < 1.29 is 18.3 Å². The van der Waals surface area contributed by atoms with Crippen LogP contribution >= 0.6 is 0 Å². The van der Waals surface area contributed by atoms with Gasteiger partial charge in [0.05, 0.1) is 12.6 Å². The molecule has 1 atom stereocenters. The van der Waals surface area contributed by atoms with Crippen molar-refractivity contribution in [1.82, 2.24) is 19.7 Å². The van der Waals surface area contributed by atoms with Gasteiger partial charge in [-0.3, -0.25) is 4.90 Å².